The zero-order chi connectivity index (χ0) is 13.1. The number of carbonyl (C=O) groups is 1. The van der Waals surface area contributed by atoms with Crippen molar-refractivity contribution < 1.29 is 9.90 Å². The highest BCUT2D eigenvalue weighted by Gasteiger charge is 2.11. The summed E-state index contributed by atoms with van der Waals surface area (Å²) in [6.45, 7) is 4.00. The number of rotatable bonds is 2. The second-order valence-corrected chi connectivity index (χ2v) is 4.53. The fourth-order valence-electron chi connectivity index (χ4n) is 2.27. The first-order valence-corrected chi connectivity index (χ1v) is 5.95. The van der Waals surface area contributed by atoms with Gasteiger partial charge in [-0.3, -0.25) is 4.79 Å². The summed E-state index contributed by atoms with van der Waals surface area (Å²) >= 11 is 0. The maximum Gasteiger partial charge on any atom is 0.150 e. The number of aliphatic hydroxyl groups is 1. The van der Waals surface area contributed by atoms with E-state index >= 15 is 0 Å². The molecule has 0 spiro atoms. The average Bonchev–Trinajstić information content (AvgIpc) is 2.48. The van der Waals surface area contributed by atoms with Gasteiger partial charge in [0.05, 0.1) is 5.76 Å². The Hall–Kier alpha value is -2.09. The van der Waals surface area contributed by atoms with Crippen molar-refractivity contribution in [1.29, 1.82) is 0 Å². The molecule has 0 aromatic heterocycles. The van der Waals surface area contributed by atoms with Crippen LogP contribution in [-0.2, 0) is 0 Å². The Morgan fingerprint density at radius 3 is 2.78 bits per heavy atom. The summed E-state index contributed by atoms with van der Waals surface area (Å²) in [4.78, 5) is 10.8. The quantitative estimate of drug-likeness (QED) is 0.791. The van der Waals surface area contributed by atoms with Gasteiger partial charge in [-0.25, -0.2) is 0 Å². The molecule has 1 aliphatic carbocycles. The van der Waals surface area contributed by atoms with Crippen molar-refractivity contribution in [3.8, 4) is 0 Å². The van der Waals surface area contributed by atoms with Crippen LogP contribution in [0.5, 0.6) is 0 Å². The van der Waals surface area contributed by atoms with Crippen LogP contribution in [0.15, 0.2) is 53.3 Å². The molecule has 1 aliphatic rings. The number of allylic oxidation sites excluding steroid dienone is 5. The molecule has 0 amide bonds. The van der Waals surface area contributed by atoms with Crippen LogP contribution >= 0.6 is 0 Å². The molecular weight excluding hydrogens is 224 g/mol. The molecular formula is C16H16O2. The molecule has 2 nitrogen and oxygen atoms in total. The van der Waals surface area contributed by atoms with Crippen LogP contribution in [0.1, 0.15) is 36.2 Å². The molecule has 0 saturated carbocycles. The molecule has 92 valence electrons. The number of hydrogen-bond acceptors (Lipinski definition) is 2. The summed E-state index contributed by atoms with van der Waals surface area (Å²) in [7, 11) is 0. The third-order valence-electron chi connectivity index (χ3n) is 3.10. The Morgan fingerprint density at radius 1 is 1.28 bits per heavy atom. The van der Waals surface area contributed by atoms with Crippen LogP contribution < -0.4 is 0 Å². The molecule has 0 saturated heterocycles. The third kappa shape index (κ3) is 2.43. The second kappa shape index (κ2) is 5.05. The van der Waals surface area contributed by atoms with Crippen LogP contribution in [-0.4, -0.2) is 11.4 Å². The van der Waals surface area contributed by atoms with Crippen LogP contribution in [0.4, 0.5) is 0 Å². The largest absolute Gasteiger partial charge is 0.512 e. The monoisotopic (exact) mass is 240 g/mol. The fourth-order valence-corrected chi connectivity index (χ4v) is 2.27. The van der Waals surface area contributed by atoms with Crippen LogP contribution in [0, 0.1) is 0 Å². The molecule has 0 bridgehead atoms. The Balaban J connectivity index is 2.59. The molecule has 0 heterocycles. The average molecular weight is 240 g/mol. The van der Waals surface area contributed by atoms with Crippen LogP contribution in [0.2, 0.25) is 0 Å². The first-order chi connectivity index (χ1) is 8.61. The Kier molecular flexibility index (Phi) is 3.47. The van der Waals surface area contributed by atoms with Gasteiger partial charge in [-0.1, -0.05) is 24.3 Å². The maximum absolute atomic E-state index is 10.8. The Labute approximate surface area is 107 Å². The first kappa shape index (κ1) is 12.4. The van der Waals surface area contributed by atoms with Gasteiger partial charge >= 0.3 is 0 Å². The summed E-state index contributed by atoms with van der Waals surface area (Å²) in [5, 5.41) is 9.67. The lowest BCUT2D eigenvalue weighted by Crippen LogP contribution is -1.91. The molecule has 1 aromatic rings. The van der Waals surface area contributed by atoms with E-state index in [4.69, 9.17) is 0 Å². The van der Waals surface area contributed by atoms with Gasteiger partial charge in [0.2, 0.25) is 0 Å². The Bertz CT molecular complexity index is 575. The lowest BCUT2D eigenvalue weighted by atomic mass is 9.94. The van der Waals surface area contributed by atoms with E-state index in [1.807, 2.05) is 38.1 Å². The van der Waals surface area contributed by atoms with Crippen molar-refractivity contribution in [3.05, 3.63) is 64.4 Å². The zero-order valence-corrected chi connectivity index (χ0v) is 10.6. The minimum Gasteiger partial charge on any atom is -0.512 e. The third-order valence-corrected chi connectivity index (χ3v) is 3.10. The van der Waals surface area contributed by atoms with Crippen LogP contribution in [0.25, 0.3) is 5.57 Å². The topological polar surface area (TPSA) is 37.3 Å². The van der Waals surface area contributed by atoms with Gasteiger partial charge in [-0.15, -0.1) is 0 Å². The summed E-state index contributed by atoms with van der Waals surface area (Å²) in [5.41, 5.74) is 4.90. The molecule has 0 aliphatic heterocycles. The van der Waals surface area contributed by atoms with Crippen molar-refractivity contribution in [3.63, 3.8) is 0 Å². The van der Waals surface area contributed by atoms with Crippen molar-refractivity contribution in [1.82, 2.24) is 0 Å². The molecule has 0 radical (unpaired) electrons. The second-order valence-electron chi connectivity index (χ2n) is 4.53. The van der Waals surface area contributed by atoms with Gasteiger partial charge < -0.3 is 5.11 Å². The van der Waals surface area contributed by atoms with E-state index in [2.05, 4.69) is 0 Å². The first-order valence-electron chi connectivity index (χ1n) is 5.95. The van der Waals surface area contributed by atoms with Crippen molar-refractivity contribution in [2.75, 3.05) is 0 Å². The molecule has 0 atom stereocenters. The van der Waals surface area contributed by atoms with Gasteiger partial charge in [0.1, 0.15) is 6.29 Å². The molecule has 2 heteroatoms. The minimum absolute atomic E-state index is 0.369. The number of aliphatic hydroxyl groups excluding tert-OH is 1. The molecule has 0 fully saturated rings. The van der Waals surface area contributed by atoms with E-state index in [0.29, 0.717) is 17.7 Å². The fraction of sp³-hybridized carbons (Fsp3) is 0.188. The van der Waals surface area contributed by atoms with Gasteiger partial charge in [0.15, 0.2) is 0 Å². The van der Waals surface area contributed by atoms with E-state index in [0.717, 1.165) is 28.6 Å². The molecule has 0 unspecified atom stereocenters. The standard InChI is InChI=1S/C16H16O2/c1-11-6-7-15(18)8-12(2)16(11)14-5-3-4-13(9-14)10-17/h3-6,8-10,18H,7H2,1-2H3. The predicted molar refractivity (Wildman–Crippen MR) is 73.5 cm³/mol. The van der Waals surface area contributed by atoms with Crippen molar-refractivity contribution in [2.45, 2.75) is 20.3 Å². The van der Waals surface area contributed by atoms with E-state index in [-0.39, 0.29) is 0 Å². The van der Waals surface area contributed by atoms with Crippen LogP contribution in [0.3, 0.4) is 0 Å². The summed E-state index contributed by atoms with van der Waals surface area (Å²) in [5.74, 6) is 0.369. The van der Waals surface area contributed by atoms with E-state index < -0.39 is 0 Å². The van der Waals surface area contributed by atoms with Gasteiger partial charge in [0.25, 0.3) is 0 Å². The molecule has 1 N–H and O–H groups in total. The lowest BCUT2D eigenvalue weighted by molar-refractivity contribution is 0.112. The number of aldehydes is 1. The Morgan fingerprint density at radius 2 is 2.06 bits per heavy atom. The number of carbonyl (C=O) groups excluding carboxylic acids is 1. The highest BCUT2D eigenvalue weighted by Crippen LogP contribution is 2.30. The highest BCUT2D eigenvalue weighted by atomic mass is 16.3. The normalized spacial score (nSPS) is 15.9. The maximum atomic E-state index is 10.8. The van der Waals surface area contributed by atoms with Crippen molar-refractivity contribution >= 4 is 11.9 Å². The van der Waals surface area contributed by atoms with E-state index in [9.17, 15) is 9.90 Å². The molecule has 2 rings (SSSR count). The SMILES string of the molecule is CC1=CCC(O)=CC(C)=C1c1cccc(C=O)c1. The predicted octanol–water partition coefficient (Wildman–Crippen LogP) is 4.06. The number of benzene rings is 1. The van der Waals surface area contributed by atoms with E-state index in [1.165, 1.54) is 0 Å². The lowest BCUT2D eigenvalue weighted by Gasteiger charge is -2.11. The zero-order valence-electron chi connectivity index (χ0n) is 10.6. The summed E-state index contributed by atoms with van der Waals surface area (Å²) < 4.78 is 0. The minimum atomic E-state index is 0.369. The summed E-state index contributed by atoms with van der Waals surface area (Å²) in [6, 6.07) is 7.52. The van der Waals surface area contributed by atoms with Gasteiger partial charge in [0, 0.05) is 12.0 Å². The van der Waals surface area contributed by atoms with Crippen molar-refractivity contribution in [2.24, 2.45) is 0 Å². The van der Waals surface area contributed by atoms with E-state index in [1.54, 1.807) is 12.1 Å². The molecule has 1 aromatic carbocycles. The molecule has 18 heavy (non-hydrogen) atoms. The summed E-state index contributed by atoms with van der Waals surface area (Å²) in [6.07, 6.45) is 5.20. The highest BCUT2D eigenvalue weighted by molar-refractivity contribution is 5.85. The smallest absolute Gasteiger partial charge is 0.150 e. The van der Waals surface area contributed by atoms with Gasteiger partial charge in [-0.2, -0.15) is 0 Å². The van der Waals surface area contributed by atoms with Gasteiger partial charge in [-0.05, 0) is 48.3 Å². The number of hydrogen-bond donors (Lipinski definition) is 1.